The molecule has 0 bridgehead atoms. The number of rotatable bonds is 3. The summed E-state index contributed by atoms with van der Waals surface area (Å²) in [5.41, 5.74) is 2.45. The molecule has 1 fully saturated rings. The van der Waals surface area contributed by atoms with Crippen LogP contribution in [-0.2, 0) is 6.42 Å². The Morgan fingerprint density at radius 3 is 2.79 bits per heavy atom. The number of aromatic carboxylic acids is 1. The number of hydrogen-bond acceptors (Lipinski definition) is 1. The SMILES string of the molecule is Cc1ccc(CC2CC2)cc1C(=O)O. The average molecular weight is 190 g/mol. The van der Waals surface area contributed by atoms with E-state index in [-0.39, 0.29) is 0 Å². The van der Waals surface area contributed by atoms with Gasteiger partial charge in [-0.05, 0) is 49.3 Å². The van der Waals surface area contributed by atoms with Crippen molar-refractivity contribution < 1.29 is 9.90 Å². The van der Waals surface area contributed by atoms with Crippen LogP contribution in [0.5, 0.6) is 0 Å². The molecule has 1 aliphatic rings. The van der Waals surface area contributed by atoms with Crippen LogP contribution in [0.1, 0.15) is 34.3 Å². The van der Waals surface area contributed by atoms with Crippen LogP contribution in [0.15, 0.2) is 18.2 Å². The van der Waals surface area contributed by atoms with Crippen LogP contribution in [0.4, 0.5) is 0 Å². The van der Waals surface area contributed by atoms with Crippen molar-refractivity contribution in [2.24, 2.45) is 5.92 Å². The van der Waals surface area contributed by atoms with Gasteiger partial charge in [0.15, 0.2) is 0 Å². The molecule has 14 heavy (non-hydrogen) atoms. The lowest BCUT2D eigenvalue weighted by atomic mass is 10.0. The molecule has 0 amide bonds. The maximum absolute atomic E-state index is 10.9. The molecule has 0 aromatic heterocycles. The van der Waals surface area contributed by atoms with Gasteiger partial charge in [0.05, 0.1) is 5.56 Å². The molecule has 1 aromatic rings. The Kier molecular flexibility index (Phi) is 2.28. The Bertz CT molecular complexity index is 365. The van der Waals surface area contributed by atoms with Crippen LogP contribution in [0.25, 0.3) is 0 Å². The monoisotopic (exact) mass is 190 g/mol. The van der Waals surface area contributed by atoms with E-state index in [1.165, 1.54) is 12.8 Å². The Morgan fingerprint density at radius 2 is 2.21 bits per heavy atom. The standard InChI is InChI=1S/C12H14O2/c1-8-2-3-10(6-9-4-5-9)7-11(8)12(13)14/h2-3,7,9H,4-6H2,1H3,(H,13,14). The van der Waals surface area contributed by atoms with E-state index >= 15 is 0 Å². The van der Waals surface area contributed by atoms with Gasteiger partial charge in [-0.25, -0.2) is 4.79 Å². The highest BCUT2D eigenvalue weighted by Crippen LogP contribution is 2.32. The van der Waals surface area contributed by atoms with Crippen LogP contribution >= 0.6 is 0 Å². The van der Waals surface area contributed by atoms with Gasteiger partial charge in [0.1, 0.15) is 0 Å². The molecule has 0 aliphatic heterocycles. The summed E-state index contributed by atoms with van der Waals surface area (Å²) in [6.45, 7) is 1.84. The summed E-state index contributed by atoms with van der Waals surface area (Å²) < 4.78 is 0. The molecule has 1 aromatic carbocycles. The van der Waals surface area contributed by atoms with Crippen LogP contribution < -0.4 is 0 Å². The Hall–Kier alpha value is -1.31. The van der Waals surface area contributed by atoms with Crippen molar-refractivity contribution in [2.75, 3.05) is 0 Å². The quantitative estimate of drug-likeness (QED) is 0.795. The Balaban J connectivity index is 2.24. The first kappa shape index (κ1) is 9.25. The molecular weight excluding hydrogens is 176 g/mol. The summed E-state index contributed by atoms with van der Waals surface area (Å²) in [4.78, 5) is 10.9. The van der Waals surface area contributed by atoms with Crippen molar-refractivity contribution in [3.63, 3.8) is 0 Å². The number of hydrogen-bond donors (Lipinski definition) is 1. The molecule has 1 saturated carbocycles. The zero-order chi connectivity index (χ0) is 10.1. The van der Waals surface area contributed by atoms with Gasteiger partial charge >= 0.3 is 5.97 Å². The maximum atomic E-state index is 10.9. The highest BCUT2D eigenvalue weighted by molar-refractivity contribution is 5.89. The highest BCUT2D eigenvalue weighted by atomic mass is 16.4. The van der Waals surface area contributed by atoms with Gasteiger partial charge in [-0.1, -0.05) is 12.1 Å². The van der Waals surface area contributed by atoms with E-state index < -0.39 is 5.97 Å². The summed E-state index contributed by atoms with van der Waals surface area (Å²) in [6.07, 6.45) is 3.65. The van der Waals surface area contributed by atoms with E-state index in [0.717, 1.165) is 23.5 Å². The smallest absolute Gasteiger partial charge is 0.335 e. The fourth-order valence-corrected chi connectivity index (χ4v) is 1.68. The third kappa shape index (κ3) is 1.95. The average Bonchev–Trinajstić information content (AvgIpc) is 2.92. The van der Waals surface area contributed by atoms with Crippen LogP contribution in [0.2, 0.25) is 0 Å². The molecule has 2 heteroatoms. The lowest BCUT2D eigenvalue weighted by Gasteiger charge is -2.04. The molecule has 2 nitrogen and oxygen atoms in total. The number of carboxylic acids is 1. The van der Waals surface area contributed by atoms with Crippen molar-refractivity contribution >= 4 is 5.97 Å². The van der Waals surface area contributed by atoms with Gasteiger partial charge in [0.25, 0.3) is 0 Å². The first-order valence-corrected chi connectivity index (χ1v) is 4.99. The van der Waals surface area contributed by atoms with E-state index in [1.807, 2.05) is 25.1 Å². The minimum atomic E-state index is -0.819. The normalized spacial score (nSPS) is 15.5. The molecule has 1 N–H and O–H groups in total. The van der Waals surface area contributed by atoms with Crippen LogP contribution in [0.3, 0.4) is 0 Å². The molecule has 1 aliphatic carbocycles. The molecule has 0 spiro atoms. The summed E-state index contributed by atoms with van der Waals surface area (Å²) in [6, 6.07) is 5.76. The van der Waals surface area contributed by atoms with E-state index in [0.29, 0.717) is 5.56 Å². The minimum Gasteiger partial charge on any atom is -0.478 e. The number of carbonyl (C=O) groups is 1. The predicted molar refractivity (Wildman–Crippen MR) is 54.6 cm³/mol. The van der Waals surface area contributed by atoms with E-state index in [9.17, 15) is 4.79 Å². The minimum absolute atomic E-state index is 0.447. The Morgan fingerprint density at radius 1 is 1.50 bits per heavy atom. The Labute approximate surface area is 83.6 Å². The first-order chi connectivity index (χ1) is 6.66. The summed E-state index contributed by atoms with van der Waals surface area (Å²) in [5, 5.41) is 8.94. The van der Waals surface area contributed by atoms with Gasteiger partial charge in [-0.3, -0.25) is 0 Å². The van der Waals surface area contributed by atoms with Crippen LogP contribution in [-0.4, -0.2) is 11.1 Å². The van der Waals surface area contributed by atoms with Crippen LogP contribution in [0, 0.1) is 12.8 Å². The largest absolute Gasteiger partial charge is 0.478 e. The second-order valence-electron chi connectivity index (χ2n) is 4.10. The molecule has 0 heterocycles. The molecule has 0 saturated heterocycles. The second kappa shape index (κ2) is 3.45. The fourth-order valence-electron chi connectivity index (χ4n) is 1.68. The molecule has 0 atom stereocenters. The molecule has 2 rings (SSSR count). The van der Waals surface area contributed by atoms with Gasteiger partial charge < -0.3 is 5.11 Å². The zero-order valence-corrected chi connectivity index (χ0v) is 8.29. The summed E-state index contributed by atoms with van der Waals surface area (Å²) in [5.74, 6) is -0.0144. The lowest BCUT2D eigenvalue weighted by Crippen LogP contribution is -2.01. The molecule has 0 radical (unpaired) electrons. The summed E-state index contributed by atoms with van der Waals surface area (Å²) in [7, 11) is 0. The highest BCUT2D eigenvalue weighted by Gasteiger charge is 2.21. The van der Waals surface area contributed by atoms with Crippen molar-refractivity contribution in [1.82, 2.24) is 0 Å². The van der Waals surface area contributed by atoms with Gasteiger partial charge in [0.2, 0.25) is 0 Å². The molecule has 0 unspecified atom stereocenters. The van der Waals surface area contributed by atoms with E-state index in [4.69, 9.17) is 5.11 Å². The first-order valence-electron chi connectivity index (χ1n) is 4.99. The predicted octanol–water partition coefficient (Wildman–Crippen LogP) is 2.65. The number of aryl methyl sites for hydroxylation is 1. The van der Waals surface area contributed by atoms with Crippen molar-refractivity contribution in [1.29, 1.82) is 0 Å². The molecular formula is C12H14O2. The van der Waals surface area contributed by atoms with Gasteiger partial charge in [-0.15, -0.1) is 0 Å². The van der Waals surface area contributed by atoms with Gasteiger partial charge in [0, 0.05) is 0 Å². The third-order valence-electron chi connectivity index (χ3n) is 2.75. The fraction of sp³-hybridized carbons (Fsp3) is 0.417. The topological polar surface area (TPSA) is 37.3 Å². The lowest BCUT2D eigenvalue weighted by molar-refractivity contribution is 0.0696. The van der Waals surface area contributed by atoms with Crippen molar-refractivity contribution in [2.45, 2.75) is 26.2 Å². The third-order valence-corrected chi connectivity index (χ3v) is 2.75. The van der Waals surface area contributed by atoms with E-state index in [1.54, 1.807) is 0 Å². The van der Waals surface area contributed by atoms with E-state index in [2.05, 4.69) is 0 Å². The number of benzene rings is 1. The summed E-state index contributed by atoms with van der Waals surface area (Å²) >= 11 is 0. The maximum Gasteiger partial charge on any atom is 0.335 e. The molecule has 74 valence electrons. The second-order valence-corrected chi connectivity index (χ2v) is 4.10. The van der Waals surface area contributed by atoms with Crippen molar-refractivity contribution in [3.05, 3.63) is 34.9 Å². The zero-order valence-electron chi connectivity index (χ0n) is 8.29. The van der Waals surface area contributed by atoms with Crippen molar-refractivity contribution in [3.8, 4) is 0 Å². The number of carboxylic acid groups (broad SMARTS) is 1. The van der Waals surface area contributed by atoms with Gasteiger partial charge in [-0.2, -0.15) is 0 Å².